The van der Waals surface area contributed by atoms with Gasteiger partial charge in [-0.1, -0.05) is 19.9 Å². The molecule has 24 heavy (non-hydrogen) atoms. The maximum atomic E-state index is 12.6. The van der Waals surface area contributed by atoms with E-state index in [0.717, 1.165) is 0 Å². The molecule has 130 valence electrons. The molecule has 0 spiro atoms. The van der Waals surface area contributed by atoms with Crippen LogP contribution in [0, 0.1) is 5.92 Å². The summed E-state index contributed by atoms with van der Waals surface area (Å²) in [4.78, 5) is 36.5. The molecule has 1 aromatic carbocycles. The number of ether oxygens (including phenoxy) is 2. The largest absolute Gasteiger partial charge is 0.460 e. The lowest BCUT2D eigenvalue weighted by Crippen LogP contribution is -2.41. The number of hydrogen-bond donors (Lipinski definition) is 0. The number of carbonyl (C=O) groups is 3. The van der Waals surface area contributed by atoms with Crippen molar-refractivity contribution in [1.29, 1.82) is 0 Å². The van der Waals surface area contributed by atoms with Gasteiger partial charge in [0.05, 0.1) is 12.5 Å². The first-order valence-corrected chi connectivity index (χ1v) is 7.52. The zero-order valence-corrected chi connectivity index (χ0v) is 13.6. The molecular weight excluding hydrogens is 322 g/mol. The number of rotatable bonds is 5. The van der Waals surface area contributed by atoms with Gasteiger partial charge in [0.2, 0.25) is 0 Å². The summed E-state index contributed by atoms with van der Waals surface area (Å²) in [7, 11) is 0. The normalized spacial score (nSPS) is 18.9. The molecule has 0 heterocycles. The average molecular weight is 340 g/mol. The Labute approximate surface area is 137 Å². The summed E-state index contributed by atoms with van der Waals surface area (Å²) in [5, 5.41) is 0. The molecule has 1 aliphatic carbocycles. The SMILES string of the molecule is CCOC(=O)C(=O)C1CC(C)(C)c2ccc(OC(F)F)cc2C1=O. The van der Waals surface area contributed by atoms with Gasteiger partial charge in [0.1, 0.15) is 5.75 Å². The Bertz CT molecular complexity index is 682. The molecule has 2 rings (SSSR count). The molecule has 0 saturated carbocycles. The fourth-order valence-electron chi connectivity index (χ4n) is 2.95. The van der Waals surface area contributed by atoms with Gasteiger partial charge >= 0.3 is 12.6 Å². The van der Waals surface area contributed by atoms with Crippen LogP contribution in [0.5, 0.6) is 5.75 Å². The van der Waals surface area contributed by atoms with Gasteiger partial charge < -0.3 is 9.47 Å². The Hall–Kier alpha value is -2.31. The lowest BCUT2D eigenvalue weighted by Gasteiger charge is -2.35. The molecule has 1 unspecified atom stereocenters. The Kier molecular flexibility index (Phi) is 5.01. The van der Waals surface area contributed by atoms with E-state index in [-0.39, 0.29) is 24.3 Å². The van der Waals surface area contributed by atoms with Crippen molar-refractivity contribution in [2.75, 3.05) is 6.61 Å². The molecule has 0 aromatic heterocycles. The van der Waals surface area contributed by atoms with Gasteiger partial charge in [-0.25, -0.2) is 4.79 Å². The van der Waals surface area contributed by atoms with Gasteiger partial charge in [-0.3, -0.25) is 9.59 Å². The summed E-state index contributed by atoms with van der Waals surface area (Å²) in [5.74, 6) is -3.91. The lowest BCUT2D eigenvalue weighted by atomic mass is 9.66. The average Bonchev–Trinajstić information content (AvgIpc) is 2.49. The van der Waals surface area contributed by atoms with E-state index in [4.69, 9.17) is 0 Å². The van der Waals surface area contributed by atoms with Crippen LogP contribution in [0.25, 0.3) is 0 Å². The number of fused-ring (bicyclic) bond motifs is 1. The highest BCUT2D eigenvalue weighted by atomic mass is 19.3. The highest BCUT2D eigenvalue weighted by molar-refractivity contribution is 6.39. The minimum absolute atomic E-state index is 0.0256. The van der Waals surface area contributed by atoms with E-state index in [9.17, 15) is 23.2 Å². The smallest absolute Gasteiger partial charge is 0.387 e. The molecule has 0 radical (unpaired) electrons. The predicted octanol–water partition coefficient (Wildman–Crippen LogP) is 2.90. The van der Waals surface area contributed by atoms with E-state index in [1.54, 1.807) is 6.92 Å². The molecule has 0 saturated heterocycles. The third-order valence-electron chi connectivity index (χ3n) is 4.03. The van der Waals surface area contributed by atoms with E-state index < -0.39 is 35.5 Å². The van der Waals surface area contributed by atoms with Gasteiger partial charge in [0.15, 0.2) is 5.78 Å². The van der Waals surface area contributed by atoms with Crippen molar-refractivity contribution in [2.24, 2.45) is 5.92 Å². The van der Waals surface area contributed by atoms with Gasteiger partial charge in [-0.15, -0.1) is 0 Å². The molecule has 1 aliphatic rings. The van der Waals surface area contributed by atoms with Crippen LogP contribution in [0.4, 0.5) is 8.78 Å². The van der Waals surface area contributed by atoms with Crippen molar-refractivity contribution < 1.29 is 32.6 Å². The molecule has 0 amide bonds. The van der Waals surface area contributed by atoms with Crippen LogP contribution in [0.15, 0.2) is 18.2 Å². The Morgan fingerprint density at radius 2 is 2.00 bits per heavy atom. The first-order chi connectivity index (χ1) is 11.2. The Balaban J connectivity index is 2.42. The first kappa shape index (κ1) is 18.0. The van der Waals surface area contributed by atoms with Gasteiger partial charge in [-0.2, -0.15) is 8.78 Å². The molecule has 0 bridgehead atoms. The Morgan fingerprint density at radius 1 is 1.33 bits per heavy atom. The van der Waals surface area contributed by atoms with Crippen molar-refractivity contribution in [2.45, 2.75) is 39.2 Å². The number of alkyl halides is 2. The van der Waals surface area contributed by atoms with E-state index in [2.05, 4.69) is 9.47 Å². The number of benzene rings is 1. The van der Waals surface area contributed by atoms with E-state index in [1.165, 1.54) is 18.2 Å². The van der Waals surface area contributed by atoms with Gasteiger partial charge in [-0.05, 0) is 36.5 Å². The molecule has 1 atom stereocenters. The Morgan fingerprint density at radius 3 is 2.58 bits per heavy atom. The highest BCUT2D eigenvalue weighted by Crippen LogP contribution is 2.41. The number of ketones is 2. The summed E-state index contributed by atoms with van der Waals surface area (Å²) in [6, 6.07) is 4.08. The fraction of sp³-hybridized carbons (Fsp3) is 0.471. The molecule has 0 aliphatic heterocycles. The molecule has 7 heteroatoms. The minimum atomic E-state index is -3.02. The van der Waals surface area contributed by atoms with Crippen molar-refractivity contribution in [3.05, 3.63) is 29.3 Å². The second kappa shape index (κ2) is 6.67. The first-order valence-electron chi connectivity index (χ1n) is 7.52. The molecule has 5 nitrogen and oxygen atoms in total. The summed E-state index contributed by atoms with van der Waals surface area (Å²) in [6.45, 7) is 2.19. The van der Waals surface area contributed by atoms with Crippen molar-refractivity contribution in [1.82, 2.24) is 0 Å². The topological polar surface area (TPSA) is 69.7 Å². The molecular formula is C17H18F2O5. The van der Waals surface area contributed by atoms with E-state index in [0.29, 0.717) is 5.56 Å². The maximum absolute atomic E-state index is 12.6. The third-order valence-corrected chi connectivity index (χ3v) is 4.03. The van der Waals surface area contributed by atoms with Crippen LogP contribution in [0.1, 0.15) is 43.1 Å². The zero-order chi connectivity index (χ0) is 18.1. The fourth-order valence-corrected chi connectivity index (χ4v) is 2.95. The number of carbonyl (C=O) groups excluding carboxylic acids is 3. The number of hydrogen-bond acceptors (Lipinski definition) is 5. The van der Waals surface area contributed by atoms with Gasteiger partial charge in [0.25, 0.3) is 5.78 Å². The van der Waals surface area contributed by atoms with E-state index >= 15 is 0 Å². The zero-order valence-electron chi connectivity index (χ0n) is 13.6. The van der Waals surface area contributed by atoms with Gasteiger partial charge in [0, 0.05) is 5.56 Å². The number of Topliss-reactive ketones (excluding diaryl/α,β-unsaturated/α-hetero) is 2. The summed E-state index contributed by atoms with van der Waals surface area (Å²) in [6.07, 6.45) is 0.144. The second-order valence-electron chi connectivity index (χ2n) is 6.18. The second-order valence-corrected chi connectivity index (χ2v) is 6.18. The predicted molar refractivity (Wildman–Crippen MR) is 80.2 cm³/mol. The summed E-state index contributed by atoms with van der Waals surface area (Å²) in [5.41, 5.74) is 0.161. The van der Waals surface area contributed by atoms with Crippen LogP contribution >= 0.6 is 0 Å². The maximum Gasteiger partial charge on any atom is 0.387 e. The van der Waals surface area contributed by atoms with Crippen molar-refractivity contribution in [3.8, 4) is 5.75 Å². The van der Waals surface area contributed by atoms with Crippen LogP contribution < -0.4 is 4.74 Å². The molecule has 0 N–H and O–H groups in total. The summed E-state index contributed by atoms with van der Waals surface area (Å²) < 4.78 is 33.7. The highest BCUT2D eigenvalue weighted by Gasteiger charge is 2.44. The van der Waals surface area contributed by atoms with Crippen molar-refractivity contribution >= 4 is 17.5 Å². The number of halogens is 2. The monoisotopic (exact) mass is 340 g/mol. The van der Waals surface area contributed by atoms with Crippen LogP contribution in [0.2, 0.25) is 0 Å². The lowest BCUT2D eigenvalue weighted by molar-refractivity contribution is -0.155. The standard InChI is InChI=1S/C17H18F2O5/c1-4-23-15(22)14(21)11-8-17(2,3)12-6-5-9(24-16(18)19)7-10(12)13(11)20/h5-7,11,16H,4,8H2,1-3H3. The molecule has 1 aromatic rings. The van der Waals surface area contributed by atoms with E-state index in [1.807, 2.05) is 13.8 Å². The quantitative estimate of drug-likeness (QED) is 0.468. The number of esters is 1. The van der Waals surface area contributed by atoms with Crippen LogP contribution in [-0.4, -0.2) is 30.8 Å². The minimum Gasteiger partial charge on any atom is -0.460 e. The van der Waals surface area contributed by atoms with Crippen LogP contribution in [-0.2, 0) is 19.7 Å². The molecule has 0 fully saturated rings. The third kappa shape index (κ3) is 3.44. The van der Waals surface area contributed by atoms with Crippen LogP contribution in [0.3, 0.4) is 0 Å². The van der Waals surface area contributed by atoms with Crippen molar-refractivity contribution in [3.63, 3.8) is 0 Å². The summed E-state index contributed by atoms with van der Waals surface area (Å²) >= 11 is 0.